The molecule has 0 bridgehead atoms. The Morgan fingerprint density at radius 1 is 1.18 bits per heavy atom. The highest BCUT2D eigenvalue weighted by Crippen LogP contribution is 2.29. The van der Waals surface area contributed by atoms with E-state index in [1.165, 1.54) is 18.4 Å². The van der Waals surface area contributed by atoms with Crippen molar-refractivity contribution in [2.24, 2.45) is 0 Å². The minimum absolute atomic E-state index is 0.411. The molecule has 0 radical (unpaired) electrons. The van der Waals surface area contributed by atoms with Crippen LogP contribution in [0.15, 0.2) is 30.3 Å². The van der Waals surface area contributed by atoms with E-state index >= 15 is 0 Å². The number of hydrogen-bond donors (Lipinski definition) is 1. The molecule has 2 rings (SSSR count). The zero-order valence-electron chi connectivity index (χ0n) is 10.7. The average Bonchev–Trinajstić information content (AvgIpc) is 2.74. The van der Waals surface area contributed by atoms with Gasteiger partial charge in [0.1, 0.15) is 0 Å². The SMILES string of the molecule is CN(CCc1ccccc1)CC1(O)CCCC1. The van der Waals surface area contributed by atoms with Crippen LogP contribution >= 0.6 is 0 Å². The molecular weight excluding hydrogens is 210 g/mol. The molecule has 1 aliphatic carbocycles. The van der Waals surface area contributed by atoms with E-state index in [0.717, 1.165) is 32.4 Å². The summed E-state index contributed by atoms with van der Waals surface area (Å²) in [5.41, 5.74) is 0.962. The first-order valence-corrected chi connectivity index (χ1v) is 6.63. The molecule has 0 atom stereocenters. The quantitative estimate of drug-likeness (QED) is 0.844. The van der Waals surface area contributed by atoms with Gasteiger partial charge in [-0.1, -0.05) is 43.2 Å². The summed E-state index contributed by atoms with van der Waals surface area (Å²) in [4.78, 5) is 2.26. The molecule has 0 amide bonds. The summed E-state index contributed by atoms with van der Waals surface area (Å²) in [7, 11) is 2.11. The molecule has 0 heterocycles. The van der Waals surface area contributed by atoms with Crippen LogP contribution in [0.1, 0.15) is 31.2 Å². The van der Waals surface area contributed by atoms with Gasteiger partial charge in [-0.15, -0.1) is 0 Å². The van der Waals surface area contributed by atoms with Crippen molar-refractivity contribution >= 4 is 0 Å². The molecule has 2 heteroatoms. The lowest BCUT2D eigenvalue weighted by Crippen LogP contribution is -2.39. The maximum Gasteiger partial charge on any atom is 0.0774 e. The fourth-order valence-electron chi connectivity index (χ4n) is 2.74. The van der Waals surface area contributed by atoms with Gasteiger partial charge in [-0.3, -0.25) is 0 Å². The van der Waals surface area contributed by atoms with E-state index in [-0.39, 0.29) is 0 Å². The molecule has 1 saturated carbocycles. The molecule has 0 aliphatic heterocycles. The predicted octanol–water partition coefficient (Wildman–Crippen LogP) is 2.47. The van der Waals surface area contributed by atoms with Crippen LogP contribution in [-0.2, 0) is 6.42 Å². The molecule has 0 unspecified atom stereocenters. The molecule has 2 nitrogen and oxygen atoms in total. The van der Waals surface area contributed by atoms with Gasteiger partial charge in [0.15, 0.2) is 0 Å². The first kappa shape index (κ1) is 12.6. The largest absolute Gasteiger partial charge is 0.389 e. The number of nitrogens with zero attached hydrogens (tertiary/aromatic N) is 1. The standard InChI is InChI=1S/C15H23NO/c1-16(13-15(17)10-5-6-11-15)12-9-14-7-3-2-4-8-14/h2-4,7-8,17H,5-6,9-13H2,1H3. The van der Waals surface area contributed by atoms with Gasteiger partial charge >= 0.3 is 0 Å². The number of hydrogen-bond acceptors (Lipinski definition) is 2. The van der Waals surface area contributed by atoms with Crippen molar-refractivity contribution in [3.05, 3.63) is 35.9 Å². The summed E-state index contributed by atoms with van der Waals surface area (Å²) in [6.45, 7) is 1.84. The van der Waals surface area contributed by atoms with Crippen molar-refractivity contribution in [3.8, 4) is 0 Å². The smallest absolute Gasteiger partial charge is 0.0774 e. The lowest BCUT2D eigenvalue weighted by atomic mass is 10.0. The molecule has 0 spiro atoms. The molecule has 1 fully saturated rings. The number of likely N-dealkylation sites (N-methyl/N-ethyl adjacent to an activating group) is 1. The van der Waals surface area contributed by atoms with E-state index in [4.69, 9.17) is 0 Å². The number of aliphatic hydroxyl groups is 1. The van der Waals surface area contributed by atoms with Gasteiger partial charge in [0.2, 0.25) is 0 Å². The molecule has 17 heavy (non-hydrogen) atoms. The van der Waals surface area contributed by atoms with Gasteiger partial charge in [0, 0.05) is 13.1 Å². The third-order valence-corrected chi connectivity index (χ3v) is 3.72. The minimum atomic E-state index is -0.411. The molecule has 94 valence electrons. The van der Waals surface area contributed by atoms with Gasteiger partial charge in [-0.25, -0.2) is 0 Å². The van der Waals surface area contributed by atoms with E-state index in [1.54, 1.807) is 0 Å². The maximum atomic E-state index is 10.3. The Bertz CT molecular complexity index is 330. The summed E-state index contributed by atoms with van der Waals surface area (Å²) >= 11 is 0. The highest BCUT2D eigenvalue weighted by atomic mass is 16.3. The van der Waals surface area contributed by atoms with Crippen LogP contribution in [0.25, 0.3) is 0 Å². The zero-order valence-corrected chi connectivity index (χ0v) is 10.7. The average molecular weight is 233 g/mol. The van der Waals surface area contributed by atoms with Crippen LogP contribution in [-0.4, -0.2) is 35.7 Å². The summed E-state index contributed by atoms with van der Waals surface area (Å²) in [6.07, 6.45) is 5.38. The Morgan fingerprint density at radius 3 is 2.47 bits per heavy atom. The van der Waals surface area contributed by atoms with Crippen molar-refractivity contribution in [1.29, 1.82) is 0 Å². The molecule has 1 aromatic carbocycles. The minimum Gasteiger partial charge on any atom is -0.389 e. The molecule has 0 saturated heterocycles. The summed E-state index contributed by atoms with van der Waals surface area (Å²) in [5, 5.41) is 10.3. The van der Waals surface area contributed by atoms with E-state index < -0.39 is 5.60 Å². The second kappa shape index (κ2) is 5.65. The van der Waals surface area contributed by atoms with E-state index in [1.807, 2.05) is 0 Å². The molecule has 0 aromatic heterocycles. The zero-order chi connectivity index (χ0) is 12.1. The van der Waals surface area contributed by atoms with E-state index in [2.05, 4.69) is 42.3 Å². The predicted molar refractivity (Wildman–Crippen MR) is 71.1 cm³/mol. The highest BCUT2D eigenvalue weighted by molar-refractivity contribution is 5.14. The summed E-state index contributed by atoms with van der Waals surface area (Å²) in [5.74, 6) is 0. The van der Waals surface area contributed by atoms with Crippen LogP contribution in [0.2, 0.25) is 0 Å². The van der Waals surface area contributed by atoms with Crippen molar-refractivity contribution in [2.75, 3.05) is 20.1 Å². The van der Waals surface area contributed by atoms with Gasteiger partial charge in [0.25, 0.3) is 0 Å². The monoisotopic (exact) mass is 233 g/mol. The lowest BCUT2D eigenvalue weighted by molar-refractivity contribution is 0.0167. The Morgan fingerprint density at radius 2 is 1.82 bits per heavy atom. The first-order chi connectivity index (χ1) is 8.18. The second-order valence-electron chi connectivity index (χ2n) is 5.40. The lowest BCUT2D eigenvalue weighted by Gasteiger charge is -2.28. The summed E-state index contributed by atoms with van der Waals surface area (Å²) < 4.78 is 0. The van der Waals surface area contributed by atoms with Gasteiger partial charge in [-0.05, 0) is 31.9 Å². The van der Waals surface area contributed by atoms with E-state index in [9.17, 15) is 5.11 Å². The maximum absolute atomic E-state index is 10.3. The normalized spacial score (nSPS) is 18.8. The van der Waals surface area contributed by atoms with Crippen LogP contribution in [0.3, 0.4) is 0 Å². The van der Waals surface area contributed by atoms with Gasteiger partial charge in [0.05, 0.1) is 5.60 Å². The van der Waals surface area contributed by atoms with Crippen molar-refractivity contribution < 1.29 is 5.11 Å². The third kappa shape index (κ3) is 3.83. The highest BCUT2D eigenvalue weighted by Gasteiger charge is 2.31. The fourth-order valence-corrected chi connectivity index (χ4v) is 2.74. The topological polar surface area (TPSA) is 23.5 Å². The first-order valence-electron chi connectivity index (χ1n) is 6.63. The van der Waals surface area contributed by atoms with Gasteiger partial charge in [-0.2, -0.15) is 0 Å². The number of benzene rings is 1. The van der Waals surface area contributed by atoms with E-state index in [0.29, 0.717) is 0 Å². The Balaban J connectivity index is 1.76. The van der Waals surface area contributed by atoms with Crippen molar-refractivity contribution in [1.82, 2.24) is 4.90 Å². The second-order valence-corrected chi connectivity index (χ2v) is 5.40. The summed E-state index contributed by atoms with van der Waals surface area (Å²) in [6, 6.07) is 10.5. The fraction of sp³-hybridized carbons (Fsp3) is 0.600. The Hall–Kier alpha value is -0.860. The Kier molecular flexibility index (Phi) is 4.19. The van der Waals surface area contributed by atoms with Crippen molar-refractivity contribution in [2.45, 2.75) is 37.7 Å². The third-order valence-electron chi connectivity index (χ3n) is 3.72. The molecular formula is C15H23NO. The molecule has 1 N–H and O–H groups in total. The van der Waals surface area contributed by atoms with Crippen LogP contribution in [0, 0.1) is 0 Å². The molecule has 1 aliphatic rings. The van der Waals surface area contributed by atoms with Crippen LogP contribution in [0.4, 0.5) is 0 Å². The molecule has 1 aromatic rings. The van der Waals surface area contributed by atoms with Crippen molar-refractivity contribution in [3.63, 3.8) is 0 Å². The van der Waals surface area contributed by atoms with Gasteiger partial charge < -0.3 is 10.0 Å². The Labute approximate surface area is 104 Å². The van der Waals surface area contributed by atoms with Crippen LogP contribution in [0.5, 0.6) is 0 Å². The van der Waals surface area contributed by atoms with Crippen LogP contribution < -0.4 is 0 Å². The number of rotatable bonds is 5.